The molecule has 1 fully saturated rings. The molecule has 0 bridgehead atoms. The molecule has 0 saturated carbocycles. The predicted molar refractivity (Wildman–Crippen MR) is 60.2 cm³/mol. The Hall–Kier alpha value is 1.11. The molecular formula is C6H12O2PS3+. The van der Waals surface area contributed by atoms with Gasteiger partial charge in [-0.25, -0.2) is 0 Å². The van der Waals surface area contributed by atoms with Crippen molar-refractivity contribution in [2.75, 3.05) is 0 Å². The van der Waals surface area contributed by atoms with Crippen LogP contribution >= 0.6 is 41.1 Å². The molecular weight excluding hydrogens is 231 g/mol. The maximum absolute atomic E-state index is 10.8. The van der Waals surface area contributed by atoms with Crippen molar-refractivity contribution in [1.82, 2.24) is 0 Å². The Kier molecular flexibility index (Phi) is 3.82. The van der Waals surface area contributed by atoms with E-state index in [0.717, 1.165) is 0 Å². The average molecular weight is 243 g/mol. The van der Waals surface area contributed by atoms with E-state index in [0.29, 0.717) is 5.25 Å². The minimum atomic E-state index is -1.78. The van der Waals surface area contributed by atoms with Gasteiger partial charge < -0.3 is 0 Å². The number of rotatable bonds is 2. The van der Waals surface area contributed by atoms with Gasteiger partial charge in [-0.05, 0) is 25.3 Å². The van der Waals surface area contributed by atoms with Crippen LogP contribution in [0.1, 0.15) is 20.8 Å². The van der Waals surface area contributed by atoms with E-state index < -0.39 is 7.23 Å². The fraction of sp³-hybridized carbons (Fsp3) is 1.00. The van der Waals surface area contributed by atoms with Crippen LogP contribution in [-0.4, -0.2) is 16.1 Å². The predicted octanol–water partition coefficient (Wildman–Crippen LogP) is 3.52. The van der Waals surface area contributed by atoms with Crippen LogP contribution in [0.3, 0.4) is 0 Å². The lowest BCUT2D eigenvalue weighted by Crippen LogP contribution is -2.34. The molecule has 0 aliphatic carbocycles. The lowest BCUT2D eigenvalue weighted by molar-refractivity contribution is 0.191. The van der Waals surface area contributed by atoms with Crippen molar-refractivity contribution in [1.29, 1.82) is 0 Å². The van der Waals surface area contributed by atoms with Gasteiger partial charge in [-0.15, -0.1) is 4.52 Å². The molecule has 0 spiro atoms. The molecule has 0 N–H and O–H groups in total. The summed E-state index contributed by atoms with van der Waals surface area (Å²) in [5.41, 5.74) is 0. The normalized spacial score (nSPS) is 35.2. The summed E-state index contributed by atoms with van der Waals surface area (Å²) in [5, 5.41) is 0.385. The first-order valence-electron chi connectivity index (χ1n) is 3.61. The summed E-state index contributed by atoms with van der Waals surface area (Å²) in [6.07, 6.45) is 0.0358. The minimum Gasteiger partial charge on any atom is -0.130 e. The lowest BCUT2D eigenvalue weighted by atomic mass is 10.0. The van der Waals surface area contributed by atoms with Gasteiger partial charge >= 0.3 is 7.23 Å². The van der Waals surface area contributed by atoms with Crippen LogP contribution in [0.5, 0.6) is 0 Å². The van der Waals surface area contributed by atoms with Crippen molar-refractivity contribution in [3.8, 4) is 0 Å². The van der Waals surface area contributed by atoms with Gasteiger partial charge in [0, 0.05) is 5.25 Å². The molecule has 0 radical (unpaired) electrons. The van der Waals surface area contributed by atoms with Gasteiger partial charge in [0.15, 0.2) is 0 Å². The van der Waals surface area contributed by atoms with Gasteiger partial charge in [-0.1, -0.05) is 21.6 Å². The Morgan fingerprint density at radius 2 is 2.17 bits per heavy atom. The summed E-state index contributed by atoms with van der Waals surface area (Å²) in [5.74, 6) is 0. The van der Waals surface area contributed by atoms with E-state index in [1.54, 1.807) is 21.6 Å². The Balaban J connectivity index is 2.65. The molecule has 1 heterocycles. The number of hydrogen-bond acceptors (Lipinski definition) is 4. The van der Waals surface area contributed by atoms with E-state index in [4.69, 9.17) is 4.52 Å². The molecule has 0 aromatic carbocycles. The molecule has 1 aliphatic rings. The van der Waals surface area contributed by atoms with Gasteiger partial charge in [0.1, 0.15) is 18.4 Å². The molecule has 1 aliphatic heterocycles. The van der Waals surface area contributed by atoms with Crippen LogP contribution in [0.4, 0.5) is 0 Å². The van der Waals surface area contributed by atoms with Gasteiger partial charge in [0.05, 0.1) is 4.75 Å². The summed E-state index contributed by atoms with van der Waals surface area (Å²) in [4.78, 5) is 0. The first-order chi connectivity index (χ1) is 5.43. The van der Waals surface area contributed by atoms with Crippen molar-refractivity contribution in [2.45, 2.75) is 36.9 Å². The summed E-state index contributed by atoms with van der Waals surface area (Å²) in [6, 6.07) is 0. The second kappa shape index (κ2) is 4.09. The van der Waals surface area contributed by atoms with Crippen LogP contribution in [0, 0.1) is 0 Å². The van der Waals surface area contributed by atoms with Crippen molar-refractivity contribution in [3.05, 3.63) is 0 Å². The number of hydrogen-bond donors (Lipinski definition) is 1. The highest BCUT2D eigenvalue weighted by Gasteiger charge is 2.47. The SMILES string of the molecule is C[C@@H]1SSC(C)(C)[C@@H]1O[P+](=O)S. The molecule has 12 heavy (non-hydrogen) atoms. The third kappa shape index (κ3) is 2.55. The van der Waals surface area contributed by atoms with E-state index in [1.807, 2.05) is 0 Å². The van der Waals surface area contributed by atoms with Crippen molar-refractivity contribution < 1.29 is 9.09 Å². The molecule has 1 saturated heterocycles. The highest BCUT2D eigenvalue weighted by molar-refractivity contribution is 8.77. The minimum absolute atomic E-state index is 0.0358. The topological polar surface area (TPSA) is 26.3 Å². The van der Waals surface area contributed by atoms with E-state index in [1.165, 1.54) is 0 Å². The van der Waals surface area contributed by atoms with E-state index >= 15 is 0 Å². The van der Waals surface area contributed by atoms with Gasteiger partial charge in [0.2, 0.25) is 0 Å². The summed E-state index contributed by atoms with van der Waals surface area (Å²) in [7, 11) is 1.79. The average Bonchev–Trinajstić information content (AvgIpc) is 2.15. The Morgan fingerprint density at radius 3 is 2.50 bits per heavy atom. The van der Waals surface area contributed by atoms with E-state index in [2.05, 4.69) is 33.0 Å². The van der Waals surface area contributed by atoms with Crippen molar-refractivity contribution in [3.63, 3.8) is 0 Å². The molecule has 3 atom stereocenters. The van der Waals surface area contributed by atoms with Crippen LogP contribution in [0.25, 0.3) is 0 Å². The zero-order valence-electron chi connectivity index (χ0n) is 7.18. The fourth-order valence-corrected chi connectivity index (χ4v) is 5.39. The molecule has 1 rings (SSSR count). The standard InChI is InChI=1S/C6H11O2PS3/c1-4-5(8-9(7)10)6(2,3)12-11-4/h4-5H,1-3H3/p+1/t4-,5+/m0/s1. The quantitative estimate of drug-likeness (QED) is 0.456. The van der Waals surface area contributed by atoms with Crippen molar-refractivity contribution in [2.24, 2.45) is 0 Å². The smallest absolute Gasteiger partial charge is 0.130 e. The van der Waals surface area contributed by atoms with Gasteiger partial charge in [-0.2, -0.15) is 0 Å². The maximum atomic E-state index is 10.8. The second-order valence-electron chi connectivity index (χ2n) is 3.25. The second-order valence-corrected chi connectivity index (χ2v) is 8.15. The zero-order valence-corrected chi connectivity index (χ0v) is 10.6. The van der Waals surface area contributed by atoms with Crippen LogP contribution in [0.15, 0.2) is 0 Å². The Morgan fingerprint density at radius 1 is 1.58 bits per heavy atom. The Bertz CT molecular complexity index is 197. The largest absolute Gasteiger partial charge is 0.582 e. The third-order valence-corrected chi connectivity index (χ3v) is 6.22. The molecule has 6 heteroatoms. The first-order valence-corrected chi connectivity index (χ1v) is 8.15. The molecule has 0 aromatic rings. The highest BCUT2D eigenvalue weighted by Crippen LogP contribution is 2.54. The summed E-state index contributed by atoms with van der Waals surface area (Å²) < 4.78 is 16.1. The molecule has 1 unspecified atom stereocenters. The summed E-state index contributed by atoms with van der Waals surface area (Å²) >= 11 is 3.76. The van der Waals surface area contributed by atoms with Crippen LogP contribution < -0.4 is 0 Å². The Labute approximate surface area is 87.0 Å². The van der Waals surface area contributed by atoms with Crippen LogP contribution in [-0.2, 0) is 9.09 Å². The monoisotopic (exact) mass is 243 g/mol. The lowest BCUT2D eigenvalue weighted by Gasteiger charge is -2.20. The van der Waals surface area contributed by atoms with Gasteiger partial charge in [0.25, 0.3) is 0 Å². The zero-order chi connectivity index (χ0) is 9.35. The summed E-state index contributed by atoms with van der Waals surface area (Å²) in [6.45, 7) is 6.29. The molecule has 0 amide bonds. The first kappa shape index (κ1) is 11.2. The maximum Gasteiger partial charge on any atom is 0.582 e. The highest BCUT2D eigenvalue weighted by atomic mass is 33.1. The van der Waals surface area contributed by atoms with Crippen LogP contribution in [0.2, 0.25) is 0 Å². The van der Waals surface area contributed by atoms with E-state index in [9.17, 15) is 4.57 Å². The third-order valence-electron chi connectivity index (χ3n) is 1.73. The molecule has 0 aromatic heterocycles. The molecule has 70 valence electrons. The fourth-order valence-electron chi connectivity index (χ4n) is 1.17. The van der Waals surface area contributed by atoms with E-state index in [-0.39, 0.29) is 10.9 Å². The number of thiol groups is 1. The van der Waals surface area contributed by atoms with Crippen molar-refractivity contribution >= 4 is 41.1 Å². The van der Waals surface area contributed by atoms with Gasteiger partial charge in [-0.3, -0.25) is 0 Å². The molecule has 2 nitrogen and oxygen atoms in total.